The summed E-state index contributed by atoms with van der Waals surface area (Å²) in [5.41, 5.74) is 3.86. The lowest BCUT2D eigenvalue weighted by atomic mass is 9.94. The van der Waals surface area contributed by atoms with Crippen LogP contribution in [-0.2, 0) is 13.0 Å². The van der Waals surface area contributed by atoms with Crippen LogP contribution >= 0.6 is 0 Å². The van der Waals surface area contributed by atoms with E-state index in [9.17, 15) is 9.59 Å². The fourth-order valence-corrected chi connectivity index (χ4v) is 3.24. The standard InChI is InChI=1S/C19H15NO2/c21-18-16(14-7-2-1-3-8-14)17(19(18)22)20-11-10-13-6-4-5-9-15(13)12-20/h1-9H,10-12H2. The third-order valence-corrected chi connectivity index (χ3v) is 4.39. The van der Waals surface area contributed by atoms with Crippen molar-refractivity contribution < 1.29 is 0 Å². The van der Waals surface area contributed by atoms with E-state index in [1.807, 2.05) is 42.5 Å². The van der Waals surface area contributed by atoms with Crippen molar-refractivity contribution >= 4 is 5.69 Å². The molecular weight excluding hydrogens is 274 g/mol. The molecule has 1 aliphatic heterocycles. The lowest BCUT2D eigenvalue weighted by molar-refractivity contribution is 0.727. The Kier molecular flexibility index (Phi) is 2.93. The van der Waals surface area contributed by atoms with E-state index in [-0.39, 0.29) is 10.9 Å². The minimum atomic E-state index is -0.361. The summed E-state index contributed by atoms with van der Waals surface area (Å²) in [4.78, 5) is 26.2. The van der Waals surface area contributed by atoms with Crippen LogP contribution in [0.1, 0.15) is 11.1 Å². The van der Waals surface area contributed by atoms with Gasteiger partial charge in [0.2, 0.25) is 10.9 Å². The van der Waals surface area contributed by atoms with Gasteiger partial charge in [0.05, 0.1) is 5.56 Å². The van der Waals surface area contributed by atoms with Gasteiger partial charge in [-0.1, -0.05) is 54.6 Å². The molecule has 0 atom stereocenters. The van der Waals surface area contributed by atoms with Crippen LogP contribution in [0.2, 0.25) is 0 Å². The molecule has 0 N–H and O–H groups in total. The molecule has 22 heavy (non-hydrogen) atoms. The number of hydrogen-bond acceptors (Lipinski definition) is 3. The first kappa shape index (κ1) is 13.0. The molecule has 0 saturated carbocycles. The van der Waals surface area contributed by atoms with E-state index in [0.717, 1.165) is 18.5 Å². The summed E-state index contributed by atoms with van der Waals surface area (Å²) >= 11 is 0. The fraction of sp³-hybridized carbons (Fsp3) is 0.158. The van der Waals surface area contributed by atoms with Gasteiger partial charge in [-0.25, -0.2) is 0 Å². The lowest BCUT2D eigenvalue weighted by Gasteiger charge is -2.32. The molecule has 0 amide bonds. The van der Waals surface area contributed by atoms with Crippen LogP contribution in [0.3, 0.4) is 0 Å². The Morgan fingerprint density at radius 1 is 0.773 bits per heavy atom. The van der Waals surface area contributed by atoms with E-state index in [1.54, 1.807) is 0 Å². The van der Waals surface area contributed by atoms with Crippen LogP contribution in [0.4, 0.5) is 5.69 Å². The van der Waals surface area contributed by atoms with Crippen molar-refractivity contribution in [3.8, 4) is 11.1 Å². The van der Waals surface area contributed by atoms with E-state index in [4.69, 9.17) is 0 Å². The zero-order valence-corrected chi connectivity index (χ0v) is 12.1. The Labute approximate surface area is 128 Å². The SMILES string of the molecule is O=c1c(-c2ccccc2)c(N2CCc3ccccc3C2)c1=O. The van der Waals surface area contributed by atoms with E-state index in [0.29, 0.717) is 17.8 Å². The lowest BCUT2D eigenvalue weighted by Crippen LogP contribution is -2.44. The van der Waals surface area contributed by atoms with Crippen molar-refractivity contribution in [3.05, 3.63) is 86.2 Å². The Morgan fingerprint density at radius 2 is 1.45 bits per heavy atom. The largest absolute Gasteiger partial charge is 0.363 e. The van der Waals surface area contributed by atoms with E-state index in [1.165, 1.54) is 11.1 Å². The first-order valence-electron chi connectivity index (χ1n) is 7.46. The molecular formula is C19H15NO2. The number of anilines is 1. The zero-order valence-electron chi connectivity index (χ0n) is 12.1. The number of nitrogens with zero attached hydrogens (tertiary/aromatic N) is 1. The van der Waals surface area contributed by atoms with Gasteiger partial charge in [-0.15, -0.1) is 0 Å². The van der Waals surface area contributed by atoms with Crippen molar-refractivity contribution in [2.75, 3.05) is 11.4 Å². The molecule has 3 aromatic rings. The van der Waals surface area contributed by atoms with Crippen molar-refractivity contribution in [3.63, 3.8) is 0 Å². The molecule has 3 aromatic carbocycles. The minimum absolute atomic E-state index is 0.349. The highest BCUT2D eigenvalue weighted by atomic mass is 16.2. The maximum Gasteiger partial charge on any atom is 0.250 e. The Hall–Kier alpha value is -2.68. The second-order valence-corrected chi connectivity index (χ2v) is 5.69. The molecule has 0 unspecified atom stereocenters. The maximum atomic E-state index is 12.1. The molecule has 0 aliphatic carbocycles. The summed E-state index contributed by atoms with van der Waals surface area (Å²) in [6.07, 6.45) is 0.906. The van der Waals surface area contributed by atoms with Crippen LogP contribution in [0.25, 0.3) is 11.1 Å². The van der Waals surface area contributed by atoms with Crippen molar-refractivity contribution in [2.45, 2.75) is 13.0 Å². The van der Waals surface area contributed by atoms with Crippen LogP contribution < -0.4 is 15.8 Å². The molecule has 0 spiro atoms. The summed E-state index contributed by atoms with van der Waals surface area (Å²) in [5, 5.41) is 0. The second kappa shape index (κ2) is 4.95. The predicted molar refractivity (Wildman–Crippen MR) is 88.0 cm³/mol. The smallest absolute Gasteiger partial charge is 0.250 e. The van der Waals surface area contributed by atoms with Gasteiger partial charge in [0, 0.05) is 13.1 Å². The average Bonchev–Trinajstić information content (AvgIpc) is 2.59. The normalized spacial score (nSPS) is 14.1. The number of fused-ring (bicyclic) bond motifs is 1. The molecule has 3 heteroatoms. The molecule has 0 saturated heterocycles. The molecule has 0 bridgehead atoms. The fourth-order valence-electron chi connectivity index (χ4n) is 3.24. The van der Waals surface area contributed by atoms with Gasteiger partial charge in [-0.05, 0) is 23.1 Å². The van der Waals surface area contributed by atoms with E-state index < -0.39 is 0 Å². The molecule has 0 aromatic heterocycles. The summed E-state index contributed by atoms with van der Waals surface area (Å²) in [6.45, 7) is 1.47. The first-order valence-corrected chi connectivity index (χ1v) is 7.46. The monoisotopic (exact) mass is 289 g/mol. The number of hydrogen-bond donors (Lipinski definition) is 0. The quantitative estimate of drug-likeness (QED) is 0.680. The molecule has 1 aliphatic rings. The average molecular weight is 289 g/mol. The first-order chi connectivity index (χ1) is 10.8. The summed E-state index contributed by atoms with van der Waals surface area (Å²) in [6, 6.07) is 17.7. The van der Waals surface area contributed by atoms with Crippen molar-refractivity contribution in [1.82, 2.24) is 0 Å². The van der Waals surface area contributed by atoms with Crippen LogP contribution in [0.15, 0.2) is 64.2 Å². The Morgan fingerprint density at radius 3 is 2.23 bits per heavy atom. The third kappa shape index (κ3) is 1.90. The maximum absolute atomic E-state index is 12.1. The van der Waals surface area contributed by atoms with Gasteiger partial charge in [-0.3, -0.25) is 9.59 Å². The van der Waals surface area contributed by atoms with Crippen LogP contribution in [0, 0.1) is 0 Å². The summed E-state index contributed by atoms with van der Waals surface area (Å²) in [5.74, 6) is 0. The minimum Gasteiger partial charge on any atom is -0.363 e. The van der Waals surface area contributed by atoms with Crippen molar-refractivity contribution in [1.29, 1.82) is 0 Å². The molecule has 0 fully saturated rings. The molecule has 3 nitrogen and oxygen atoms in total. The summed E-state index contributed by atoms with van der Waals surface area (Å²) < 4.78 is 0. The predicted octanol–water partition coefficient (Wildman–Crippen LogP) is 2.51. The molecule has 0 radical (unpaired) electrons. The van der Waals surface area contributed by atoms with Gasteiger partial charge in [-0.2, -0.15) is 0 Å². The topological polar surface area (TPSA) is 37.4 Å². The number of benzene rings is 2. The molecule has 108 valence electrons. The van der Waals surface area contributed by atoms with Gasteiger partial charge >= 0.3 is 0 Å². The molecule has 4 rings (SSSR count). The van der Waals surface area contributed by atoms with Gasteiger partial charge in [0.25, 0.3) is 0 Å². The third-order valence-electron chi connectivity index (χ3n) is 4.39. The van der Waals surface area contributed by atoms with E-state index in [2.05, 4.69) is 17.0 Å². The van der Waals surface area contributed by atoms with Gasteiger partial charge < -0.3 is 4.90 Å². The Bertz CT molecular complexity index is 905. The van der Waals surface area contributed by atoms with Crippen LogP contribution in [-0.4, -0.2) is 6.54 Å². The van der Waals surface area contributed by atoms with Crippen molar-refractivity contribution in [2.24, 2.45) is 0 Å². The Balaban J connectivity index is 1.75. The molecule has 1 heterocycles. The van der Waals surface area contributed by atoms with Gasteiger partial charge in [0.1, 0.15) is 5.69 Å². The highest BCUT2D eigenvalue weighted by Gasteiger charge is 2.28. The van der Waals surface area contributed by atoms with Gasteiger partial charge in [0.15, 0.2) is 0 Å². The zero-order chi connectivity index (χ0) is 15.1. The summed E-state index contributed by atoms with van der Waals surface area (Å²) in [7, 11) is 0. The van der Waals surface area contributed by atoms with E-state index >= 15 is 0 Å². The van der Waals surface area contributed by atoms with Crippen LogP contribution in [0.5, 0.6) is 0 Å². The number of rotatable bonds is 2. The highest BCUT2D eigenvalue weighted by Crippen LogP contribution is 2.30. The second-order valence-electron chi connectivity index (χ2n) is 5.69. The highest BCUT2D eigenvalue weighted by molar-refractivity contribution is 5.82.